The molecule has 5 heteroatoms. The molecule has 2 aromatic carbocycles. The van der Waals surface area contributed by atoms with E-state index in [9.17, 15) is 9.59 Å². The first-order valence-electron chi connectivity index (χ1n) is 8.25. The molecule has 3 N–H and O–H groups in total. The Kier molecular flexibility index (Phi) is 6.17. The number of ether oxygens (including phenoxy) is 1. The molecule has 0 unspecified atom stereocenters. The van der Waals surface area contributed by atoms with E-state index in [0.717, 1.165) is 22.4 Å². The molecule has 0 fully saturated rings. The normalized spacial score (nSPS) is 10.6. The van der Waals surface area contributed by atoms with Gasteiger partial charge >= 0.3 is 0 Å². The van der Waals surface area contributed by atoms with Crippen LogP contribution in [0.5, 0.6) is 5.75 Å². The average Bonchev–Trinajstić information content (AvgIpc) is 2.58. The third-order valence-electron chi connectivity index (χ3n) is 3.88. The van der Waals surface area contributed by atoms with E-state index in [1.165, 1.54) is 0 Å². The minimum absolute atomic E-state index is 0.0391. The van der Waals surface area contributed by atoms with Crippen LogP contribution in [-0.2, 0) is 11.3 Å². The summed E-state index contributed by atoms with van der Waals surface area (Å²) in [6, 6.07) is 12.8. The summed E-state index contributed by atoms with van der Waals surface area (Å²) in [7, 11) is 0. The second-order valence-electron chi connectivity index (χ2n) is 6.32. The Morgan fingerprint density at radius 2 is 1.80 bits per heavy atom. The van der Waals surface area contributed by atoms with Crippen molar-refractivity contribution in [3.8, 4) is 5.75 Å². The molecule has 0 aromatic heterocycles. The fourth-order valence-electron chi connectivity index (χ4n) is 2.43. The predicted octanol–water partition coefficient (Wildman–Crippen LogP) is 2.91. The molecule has 0 aliphatic carbocycles. The molecule has 0 saturated carbocycles. The summed E-state index contributed by atoms with van der Waals surface area (Å²) in [5.41, 5.74) is 8.70. The summed E-state index contributed by atoms with van der Waals surface area (Å²) in [6.07, 6.45) is 0. The van der Waals surface area contributed by atoms with Gasteiger partial charge in [-0.15, -0.1) is 0 Å². The Labute approximate surface area is 148 Å². The van der Waals surface area contributed by atoms with Gasteiger partial charge in [0, 0.05) is 12.1 Å². The number of carbonyl (C=O) groups excluding carboxylic acids is 2. The number of primary amides is 1. The van der Waals surface area contributed by atoms with Gasteiger partial charge in [-0.25, -0.2) is 0 Å². The predicted molar refractivity (Wildman–Crippen MR) is 97.6 cm³/mol. The Morgan fingerprint density at radius 1 is 1.12 bits per heavy atom. The highest BCUT2D eigenvalue weighted by Crippen LogP contribution is 2.27. The Morgan fingerprint density at radius 3 is 2.40 bits per heavy atom. The Balaban J connectivity index is 1.89. The average molecular weight is 340 g/mol. The van der Waals surface area contributed by atoms with E-state index in [1.54, 1.807) is 24.3 Å². The number of hydrogen-bond donors (Lipinski definition) is 2. The maximum atomic E-state index is 12.0. The number of benzene rings is 2. The minimum atomic E-state index is -0.469. The molecule has 0 radical (unpaired) electrons. The van der Waals surface area contributed by atoms with Gasteiger partial charge in [0.25, 0.3) is 5.91 Å². The summed E-state index contributed by atoms with van der Waals surface area (Å²) < 4.78 is 5.71. The fourth-order valence-corrected chi connectivity index (χ4v) is 2.43. The lowest BCUT2D eigenvalue weighted by atomic mass is 10.0. The van der Waals surface area contributed by atoms with Gasteiger partial charge in [-0.3, -0.25) is 9.59 Å². The Bertz CT molecular complexity index is 752. The Hall–Kier alpha value is -2.82. The van der Waals surface area contributed by atoms with Crippen LogP contribution in [0, 0.1) is 6.92 Å². The summed E-state index contributed by atoms with van der Waals surface area (Å²) in [4.78, 5) is 23.1. The lowest BCUT2D eigenvalue weighted by Gasteiger charge is -2.15. The standard InChI is InChI=1S/C20H24N2O3/c1-13(2)17-9-4-14(3)10-18(17)25-12-19(23)22-11-15-5-7-16(8-6-15)20(21)24/h4-10,13H,11-12H2,1-3H3,(H2,21,24)(H,22,23). The second kappa shape index (κ2) is 8.33. The summed E-state index contributed by atoms with van der Waals surface area (Å²) in [5, 5.41) is 2.80. The molecule has 2 amide bonds. The van der Waals surface area contributed by atoms with Crippen LogP contribution >= 0.6 is 0 Å². The first-order chi connectivity index (χ1) is 11.9. The van der Waals surface area contributed by atoms with Crippen molar-refractivity contribution < 1.29 is 14.3 Å². The smallest absolute Gasteiger partial charge is 0.258 e. The summed E-state index contributed by atoms with van der Waals surface area (Å²) in [5.74, 6) is 0.400. The van der Waals surface area contributed by atoms with Crippen molar-refractivity contribution in [3.05, 3.63) is 64.7 Å². The molecule has 0 aliphatic rings. The summed E-state index contributed by atoms with van der Waals surface area (Å²) in [6.45, 7) is 6.50. The molecule has 0 spiro atoms. The number of carbonyl (C=O) groups is 2. The highest BCUT2D eigenvalue weighted by atomic mass is 16.5. The van der Waals surface area contributed by atoms with Crippen LogP contribution in [0.15, 0.2) is 42.5 Å². The fraction of sp³-hybridized carbons (Fsp3) is 0.300. The molecule has 132 valence electrons. The van der Waals surface area contributed by atoms with Crippen LogP contribution < -0.4 is 15.8 Å². The van der Waals surface area contributed by atoms with E-state index in [-0.39, 0.29) is 12.5 Å². The van der Waals surface area contributed by atoms with E-state index >= 15 is 0 Å². The van der Waals surface area contributed by atoms with Crippen LogP contribution in [-0.4, -0.2) is 18.4 Å². The lowest BCUT2D eigenvalue weighted by Crippen LogP contribution is -2.28. The largest absolute Gasteiger partial charge is 0.483 e. The zero-order valence-corrected chi connectivity index (χ0v) is 14.8. The second-order valence-corrected chi connectivity index (χ2v) is 6.32. The van der Waals surface area contributed by atoms with E-state index in [0.29, 0.717) is 18.0 Å². The number of rotatable bonds is 7. The number of aryl methyl sites for hydroxylation is 1. The maximum absolute atomic E-state index is 12.0. The first kappa shape index (κ1) is 18.5. The topological polar surface area (TPSA) is 81.4 Å². The SMILES string of the molecule is Cc1ccc(C(C)C)c(OCC(=O)NCc2ccc(C(N)=O)cc2)c1. The third kappa shape index (κ3) is 5.35. The van der Waals surface area contributed by atoms with Crippen molar-refractivity contribution in [2.45, 2.75) is 33.2 Å². The molecule has 0 bridgehead atoms. The summed E-state index contributed by atoms with van der Waals surface area (Å²) >= 11 is 0. The molecule has 2 rings (SSSR count). The number of nitrogens with one attached hydrogen (secondary N) is 1. The molecule has 25 heavy (non-hydrogen) atoms. The molecular formula is C20H24N2O3. The maximum Gasteiger partial charge on any atom is 0.258 e. The first-order valence-corrected chi connectivity index (χ1v) is 8.25. The van der Waals surface area contributed by atoms with E-state index in [1.807, 2.05) is 25.1 Å². The van der Waals surface area contributed by atoms with Gasteiger partial charge in [0.05, 0.1) is 0 Å². The monoisotopic (exact) mass is 340 g/mol. The highest BCUT2D eigenvalue weighted by Gasteiger charge is 2.10. The lowest BCUT2D eigenvalue weighted by molar-refractivity contribution is -0.123. The molecule has 5 nitrogen and oxygen atoms in total. The van der Waals surface area contributed by atoms with Crippen LogP contribution in [0.4, 0.5) is 0 Å². The number of amides is 2. The molecule has 0 aliphatic heterocycles. The molecule has 2 aromatic rings. The molecule has 0 atom stereocenters. The van der Waals surface area contributed by atoms with Crippen LogP contribution in [0.3, 0.4) is 0 Å². The van der Waals surface area contributed by atoms with Crippen molar-refractivity contribution in [2.75, 3.05) is 6.61 Å². The van der Waals surface area contributed by atoms with Gasteiger partial charge in [-0.05, 0) is 47.7 Å². The quantitative estimate of drug-likeness (QED) is 0.813. The third-order valence-corrected chi connectivity index (χ3v) is 3.88. The zero-order valence-electron chi connectivity index (χ0n) is 14.8. The van der Waals surface area contributed by atoms with E-state index in [4.69, 9.17) is 10.5 Å². The van der Waals surface area contributed by atoms with Crippen molar-refractivity contribution in [1.29, 1.82) is 0 Å². The van der Waals surface area contributed by atoms with Gasteiger partial charge in [-0.2, -0.15) is 0 Å². The van der Waals surface area contributed by atoms with Gasteiger partial charge < -0.3 is 15.8 Å². The highest BCUT2D eigenvalue weighted by molar-refractivity contribution is 5.92. The van der Waals surface area contributed by atoms with E-state index < -0.39 is 5.91 Å². The molecule has 0 saturated heterocycles. The van der Waals surface area contributed by atoms with Crippen LogP contribution in [0.1, 0.15) is 46.8 Å². The minimum Gasteiger partial charge on any atom is -0.483 e. The van der Waals surface area contributed by atoms with Gasteiger partial charge in [0.2, 0.25) is 5.91 Å². The van der Waals surface area contributed by atoms with Crippen LogP contribution in [0.25, 0.3) is 0 Å². The van der Waals surface area contributed by atoms with Crippen molar-refractivity contribution in [3.63, 3.8) is 0 Å². The number of nitrogens with two attached hydrogens (primary N) is 1. The van der Waals surface area contributed by atoms with E-state index in [2.05, 4.69) is 19.2 Å². The molecular weight excluding hydrogens is 316 g/mol. The zero-order chi connectivity index (χ0) is 18.4. The number of hydrogen-bond acceptors (Lipinski definition) is 3. The van der Waals surface area contributed by atoms with Gasteiger partial charge in [0.1, 0.15) is 5.75 Å². The van der Waals surface area contributed by atoms with Crippen molar-refractivity contribution >= 4 is 11.8 Å². The van der Waals surface area contributed by atoms with Gasteiger partial charge in [-0.1, -0.05) is 38.1 Å². The van der Waals surface area contributed by atoms with Crippen molar-refractivity contribution in [2.24, 2.45) is 5.73 Å². The van der Waals surface area contributed by atoms with Crippen molar-refractivity contribution in [1.82, 2.24) is 5.32 Å². The van der Waals surface area contributed by atoms with Gasteiger partial charge in [0.15, 0.2) is 6.61 Å². The van der Waals surface area contributed by atoms with Crippen LogP contribution in [0.2, 0.25) is 0 Å². The molecule has 0 heterocycles.